The van der Waals surface area contributed by atoms with Crippen LogP contribution in [0, 0.1) is 0 Å². The molecule has 0 saturated carbocycles. The van der Waals surface area contributed by atoms with Gasteiger partial charge in [-0.05, 0) is 36.8 Å². The van der Waals surface area contributed by atoms with Crippen molar-refractivity contribution in [1.82, 2.24) is 5.32 Å². The number of carbonyl (C=O) groups is 1. The highest BCUT2D eigenvalue weighted by Gasteiger charge is 2.13. The first-order chi connectivity index (χ1) is 9.61. The average molecular weight is 270 g/mol. The van der Waals surface area contributed by atoms with Crippen molar-refractivity contribution in [3.63, 3.8) is 0 Å². The number of benzene rings is 2. The van der Waals surface area contributed by atoms with Gasteiger partial charge in [-0.2, -0.15) is 0 Å². The second kappa shape index (κ2) is 6.10. The van der Waals surface area contributed by atoms with Crippen LogP contribution in [0.2, 0.25) is 0 Å². The SMILES string of the molecule is COc1cccc([C@@H](C)NC(=O)c2ccccc2N)c1. The number of hydrogen-bond acceptors (Lipinski definition) is 3. The molecule has 1 atom stereocenters. The summed E-state index contributed by atoms with van der Waals surface area (Å²) in [5.41, 5.74) is 7.74. The molecule has 1 amide bonds. The van der Waals surface area contributed by atoms with Crippen molar-refractivity contribution in [3.8, 4) is 5.75 Å². The number of amides is 1. The third-order valence-corrected chi connectivity index (χ3v) is 3.15. The molecule has 0 heterocycles. The van der Waals surface area contributed by atoms with Gasteiger partial charge in [-0.3, -0.25) is 4.79 Å². The molecule has 0 bridgehead atoms. The number of hydrogen-bond donors (Lipinski definition) is 2. The lowest BCUT2D eigenvalue weighted by Gasteiger charge is -2.16. The molecule has 3 N–H and O–H groups in total. The van der Waals surface area contributed by atoms with Crippen LogP contribution in [0.25, 0.3) is 0 Å². The smallest absolute Gasteiger partial charge is 0.253 e. The molecular weight excluding hydrogens is 252 g/mol. The molecule has 0 unspecified atom stereocenters. The molecule has 0 saturated heterocycles. The summed E-state index contributed by atoms with van der Waals surface area (Å²) >= 11 is 0. The number of para-hydroxylation sites is 1. The molecule has 4 nitrogen and oxygen atoms in total. The summed E-state index contributed by atoms with van der Waals surface area (Å²) in [7, 11) is 1.62. The first-order valence-electron chi connectivity index (χ1n) is 6.41. The first kappa shape index (κ1) is 13.9. The highest BCUT2D eigenvalue weighted by Crippen LogP contribution is 2.20. The summed E-state index contributed by atoms with van der Waals surface area (Å²) < 4.78 is 5.18. The van der Waals surface area contributed by atoms with Crippen LogP contribution >= 0.6 is 0 Å². The molecule has 4 heteroatoms. The van der Waals surface area contributed by atoms with E-state index in [1.165, 1.54) is 0 Å². The Balaban J connectivity index is 2.13. The van der Waals surface area contributed by atoms with Crippen molar-refractivity contribution in [2.45, 2.75) is 13.0 Å². The van der Waals surface area contributed by atoms with Gasteiger partial charge in [0.1, 0.15) is 5.75 Å². The van der Waals surface area contributed by atoms with Crippen molar-refractivity contribution < 1.29 is 9.53 Å². The molecule has 0 fully saturated rings. The van der Waals surface area contributed by atoms with Crippen LogP contribution in [-0.4, -0.2) is 13.0 Å². The van der Waals surface area contributed by atoms with Crippen LogP contribution in [-0.2, 0) is 0 Å². The minimum absolute atomic E-state index is 0.128. The predicted octanol–water partition coefficient (Wildman–Crippen LogP) is 2.77. The third kappa shape index (κ3) is 3.09. The largest absolute Gasteiger partial charge is 0.497 e. The lowest BCUT2D eigenvalue weighted by molar-refractivity contribution is 0.0940. The molecule has 2 rings (SSSR count). The van der Waals surface area contributed by atoms with Crippen molar-refractivity contribution in [1.29, 1.82) is 0 Å². The minimum Gasteiger partial charge on any atom is -0.497 e. The summed E-state index contributed by atoms with van der Waals surface area (Å²) in [6.45, 7) is 1.92. The second-order valence-electron chi connectivity index (χ2n) is 4.56. The Morgan fingerprint density at radius 1 is 1.20 bits per heavy atom. The molecule has 0 aliphatic heterocycles. The molecule has 0 aromatic heterocycles. The summed E-state index contributed by atoms with van der Waals surface area (Å²) in [6.07, 6.45) is 0. The van der Waals surface area contributed by atoms with Crippen LogP contribution in [0.4, 0.5) is 5.69 Å². The van der Waals surface area contributed by atoms with E-state index in [2.05, 4.69) is 5.32 Å². The summed E-state index contributed by atoms with van der Waals surface area (Å²) in [5, 5.41) is 2.93. The van der Waals surface area contributed by atoms with Crippen molar-refractivity contribution in [2.75, 3.05) is 12.8 Å². The molecule has 2 aromatic rings. The van der Waals surface area contributed by atoms with Gasteiger partial charge in [-0.25, -0.2) is 0 Å². The standard InChI is InChI=1S/C16H18N2O2/c1-11(12-6-5-7-13(10-12)20-2)18-16(19)14-8-3-4-9-15(14)17/h3-11H,17H2,1-2H3,(H,18,19)/t11-/m1/s1. The maximum Gasteiger partial charge on any atom is 0.253 e. The van der Waals surface area contributed by atoms with E-state index in [4.69, 9.17) is 10.5 Å². The van der Waals surface area contributed by atoms with E-state index in [1.807, 2.05) is 31.2 Å². The fourth-order valence-electron chi connectivity index (χ4n) is 1.97. The van der Waals surface area contributed by atoms with Gasteiger partial charge in [0.2, 0.25) is 0 Å². The number of nitrogens with two attached hydrogens (primary N) is 1. The Kier molecular flexibility index (Phi) is 4.25. The zero-order chi connectivity index (χ0) is 14.5. The molecule has 0 aliphatic carbocycles. The molecule has 0 spiro atoms. The molecule has 104 valence electrons. The van der Waals surface area contributed by atoms with E-state index in [9.17, 15) is 4.79 Å². The number of nitrogen functional groups attached to an aromatic ring is 1. The molecule has 2 aromatic carbocycles. The van der Waals surface area contributed by atoms with E-state index < -0.39 is 0 Å². The van der Waals surface area contributed by atoms with E-state index in [1.54, 1.807) is 31.4 Å². The number of nitrogens with one attached hydrogen (secondary N) is 1. The van der Waals surface area contributed by atoms with Crippen molar-refractivity contribution in [2.24, 2.45) is 0 Å². The molecule has 0 aliphatic rings. The van der Waals surface area contributed by atoms with E-state index in [-0.39, 0.29) is 11.9 Å². The van der Waals surface area contributed by atoms with Gasteiger partial charge in [0.05, 0.1) is 18.7 Å². The number of rotatable bonds is 4. The maximum atomic E-state index is 12.2. The van der Waals surface area contributed by atoms with Crippen LogP contribution in [0.5, 0.6) is 5.75 Å². The predicted molar refractivity (Wildman–Crippen MR) is 79.7 cm³/mol. The number of methoxy groups -OCH3 is 1. The van der Waals surface area contributed by atoms with E-state index in [0.717, 1.165) is 11.3 Å². The molecule has 0 radical (unpaired) electrons. The summed E-state index contributed by atoms with van der Waals surface area (Å²) in [6, 6.07) is 14.5. The van der Waals surface area contributed by atoms with E-state index in [0.29, 0.717) is 11.3 Å². The quantitative estimate of drug-likeness (QED) is 0.840. The summed E-state index contributed by atoms with van der Waals surface area (Å²) in [4.78, 5) is 12.2. The van der Waals surface area contributed by atoms with Crippen LogP contribution in [0.15, 0.2) is 48.5 Å². The Hall–Kier alpha value is -2.49. The minimum atomic E-state index is -0.182. The molecule has 20 heavy (non-hydrogen) atoms. The van der Waals surface area contributed by atoms with E-state index >= 15 is 0 Å². The maximum absolute atomic E-state index is 12.2. The van der Waals surface area contributed by atoms with Crippen molar-refractivity contribution >= 4 is 11.6 Å². The Morgan fingerprint density at radius 3 is 2.65 bits per heavy atom. The average Bonchev–Trinajstić information content (AvgIpc) is 2.47. The number of ether oxygens (including phenoxy) is 1. The number of carbonyl (C=O) groups excluding carboxylic acids is 1. The fraction of sp³-hybridized carbons (Fsp3) is 0.188. The normalized spacial score (nSPS) is 11.7. The lowest BCUT2D eigenvalue weighted by atomic mass is 10.1. The Bertz CT molecular complexity index is 611. The van der Waals surface area contributed by atoms with Crippen LogP contribution < -0.4 is 15.8 Å². The molecular formula is C16H18N2O2. The number of anilines is 1. The van der Waals surface area contributed by atoms with Gasteiger partial charge >= 0.3 is 0 Å². The topological polar surface area (TPSA) is 64.3 Å². The zero-order valence-corrected chi connectivity index (χ0v) is 11.6. The third-order valence-electron chi connectivity index (χ3n) is 3.15. The van der Waals surface area contributed by atoms with Crippen LogP contribution in [0.3, 0.4) is 0 Å². The highest BCUT2D eigenvalue weighted by atomic mass is 16.5. The van der Waals surface area contributed by atoms with Gasteiger partial charge in [0.25, 0.3) is 5.91 Å². The van der Waals surface area contributed by atoms with Crippen LogP contribution in [0.1, 0.15) is 28.9 Å². The monoisotopic (exact) mass is 270 g/mol. The first-order valence-corrected chi connectivity index (χ1v) is 6.41. The van der Waals surface area contributed by atoms with Gasteiger partial charge in [0.15, 0.2) is 0 Å². The fourth-order valence-corrected chi connectivity index (χ4v) is 1.97. The summed E-state index contributed by atoms with van der Waals surface area (Å²) in [5.74, 6) is 0.584. The zero-order valence-electron chi connectivity index (χ0n) is 11.6. The highest BCUT2D eigenvalue weighted by molar-refractivity contribution is 5.99. The Morgan fingerprint density at radius 2 is 1.95 bits per heavy atom. The second-order valence-corrected chi connectivity index (χ2v) is 4.56. The van der Waals surface area contributed by atoms with Gasteiger partial charge in [0, 0.05) is 5.69 Å². The lowest BCUT2D eigenvalue weighted by Crippen LogP contribution is -2.27. The van der Waals surface area contributed by atoms with Crippen molar-refractivity contribution in [3.05, 3.63) is 59.7 Å². The van der Waals surface area contributed by atoms with Gasteiger partial charge in [-0.15, -0.1) is 0 Å². The van der Waals surface area contributed by atoms with Gasteiger partial charge < -0.3 is 15.8 Å². The Labute approximate surface area is 118 Å². The van der Waals surface area contributed by atoms with Gasteiger partial charge in [-0.1, -0.05) is 24.3 Å².